The van der Waals surface area contributed by atoms with E-state index in [2.05, 4.69) is 11.3 Å². The highest BCUT2D eigenvalue weighted by atomic mass is 32.2. The summed E-state index contributed by atoms with van der Waals surface area (Å²) in [4.78, 5) is 27.4. The number of amides is 1. The highest BCUT2D eigenvalue weighted by Crippen LogP contribution is 2.41. The molecule has 4 atom stereocenters. The van der Waals surface area contributed by atoms with E-state index >= 15 is 0 Å². The molecule has 1 N–H and O–H groups in total. The number of ether oxygens (including phenoxy) is 2. The highest BCUT2D eigenvalue weighted by molar-refractivity contribution is 7.84. The van der Waals surface area contributed by atoms with Crippen molar-refractivity contribution >= 4 is 23.0 Å². The van der Waals surface area contributed by atoms with Gasteiger partial charge in [0.2, 0.25) is 0 Å². The van der Waals surface area contributed by atoms with Crippen molar-refractivity contribution in [1.29, 1.82) is 0 Å². The number of rotatable bonds is 6. The molecule has 0 bridgehead atoms. The Balaban J connectivity index is 3.48. The normalized spacial score (nSPS) is 25.4. The molecule has 1 fully saturated rings. The SMILES string of the molecule is C=CCOC(=O)N1[C@H](C(C)(C)C)OC(=O)[C@@]1(C)[C@@H](NS(=O)C(C)(C)C)C(C)C. The fraction of sp³-hybridized carbons (Fsp3) is 0.800. The van der Waals surface area contributed by atoms with Crippen molar-refractivity contribution in [2.45, 2.75) is 84.9 Å². The maximum absolute atomic E-state index is 13.1. The van der Waals surface area contributed by atoms with Crippen LogP contribution in [-0.4, -0.2) is 50.3 Å². The van der Waals surface area contributed by atoms with E-state index in [-0.39, 0.29) is 12.5 Å². The number of nitrogens with zero attached hydrogens (tertiary/aromatic N) is 1. The molecule has 8 heteroatoms. The average molecular weight is 417 g/mol. The molecule has 0 aromatic heterocycles. The number of hydrogen-bond donors (Lipinski definition) is 1. The third-order valence-corrected chi connectivity index (χ3v) is 6.27. The Morgan fingerprint density at radius 2 is 1.89 bits per heavy atom. The third kappa shape index (κ3) is 4.95. The zero-order valence-corrected chi connectivity index (χ0v) is 19.4. The van der Waals surface area contributed by atoms with Crippen LogP contribution in [-0.2, 0) is 25.3 Å². The number of nitrogens with one attached hydrogen (secondary N) is 1. The van der Waals surface area contributed by atoms with Gasteiger partial charge in [-0.15, -0.1) is 0 Å². The largest absolute Gasteiger partial charge is 0.445 e. The van der Waals surface area contributed by atoms with Gasteiger partial charge in [0.25, 0.3) is 0 Å². The smallest absolute Gasteiger partial charge is 0.414 e. The number of esters is 1. The summed E-state index contributed by atoms with van der Waals surface area (Å²) in [5.41, 5.74) is -1.92. The number of cyclic esters (lactones) is 1. The Kier molecular flexibility index (Phi) is 7.50. The highest BCUT2D eigenvalue weighted by Gasteiger charge is 2.62. The summed E-state index contributed by atoms with van der Waals surface area (Å²) in [6.45, 7) is 20.2. The summed E-state index contributed by atoms with van der Waals surface area (Å²) >= 11 is 0. The Labute approximate surface area is 171 Å². The van der Waals surface area contributed by atoms with Crippen LogP contribution >= 0.6 is 0 Å². The van der Waals surface area contributed by atoms with E-state index in [9.17, 15) is 13.8 Å². The minimum absolute atomic E-state index is 0.0180. The predicted molar refractivity (Wildman–Crippen MR) is 111 cm³/mol. The van der Waals surface area contributed by atoms with E-state index in [0.29, 0.717) is 0 Å². The van der Waals surface area contributed by atoms with Gasteiger partial charge in [0.05, 0.1) is 21.8 Å². The Bertz CT molecular complexity index is 635. The van der Waals surface area contributed by atoms with Gasteiger partial charge in [0.15, 0.2) is 11.8 Å². The second-order valence-electron chi connectivity index (χ2n) is 9.73. The predicted octanol–water partition coefficient (Wildman–Crippen LogP) is 3.38. The van der Waals surface area contributed by atoms with Crippen LogP contribution in [0.1, 0.15) is 62.3 Å². The molecule has 0 aromatic rings. The molecule has 1 amide bonds. The van der Waals surface area contributed by atoms with Gasteiger partial charge in [-0.1, -0.05) is 47.3 Å². The van der Waals surface area contributed by atoms with Gasteiger partial charge in [-0.3, -0.25) is 4.90 Å². The molecule has 0 saturated carbocycles. The third-order valence-electron chi connectivity index (χ3n) is 4.69. The Hall–Kier alpha value is -1.41. The minimum atomic E-state index is -1.44. The topological polar surface area (TPSA) is 84.9 Å². The molecule has 1 heterocycles. The van der Waals surface area contributed by atoms with Gasteiger partial charge >= 0.3 is 12.1 Å². The maximum atomic E-state index is 13.1. The molecule has 0 radical (unpaired) electrons. The zero-order valence-electron chi connectivity index (χ0n) is 18.6. The zero-order chi connectivity index (χ0) is 22.1. The molecule has 0 aliphatic carbocycles. The summed E-state index contributed by atoms with van der Waals surface area (Å²) in [6.07, 6.45) is -0.0111. The molecule has 1 aliphatic rings. The molecule has 1 saturated heterocycles. The first-order valence-electron chi connectivity index (χ1n) is 9.54. The van der Waals surface area contributed by atoms with Crippen LogP contribution < -0.4 is 4.72 Å². The second-order valence-corrected chi connectivity index (χ2v) is 11.7. The van der Waals surface area contributed by atoms with Crippen molar-refractivity contribution in [3.63, 3.8) is 0 Å². The standard InChI is InChI=1S/C20H36N2O5S/c1-11-12-26-17(24)22-15(18(4,5)6)27-16(23)20(22,10)14(13(2)3)21-28(25)19(7,8)9/h11,13-15,21H,1,12H2,2-10H3/t14-,15-,20+,28?/m0/s1. The van der Waals surface area contributed by atoms with Crippen LogP contribution in [0.15, 0.2) is 12.7 Å². The van der Waals surface area contributed by atoms with Crippen molar-refractivity contribution in [3.05, 3.63) is 12.7 Å². The van der Waals surface area contributed by atoms with E-state index < -0.39 is 51.0 Å². The van der Waals surface area contributed by atoms with Crippen molar-refractivity contribution in [2.75, 3.05) is 6.61 Å². The Morgan fingerprint density at radius 1 is 1.36 bits per heavy atom. The summed E-state index contributed by atoms with van der Waals surface area (Å²) in [5, 5.41) is 0. The van der Waals surface area contributed by atoms with Crippen LogP contribution in [0, 0.1) is 11.3 Å². The lowest BCUT2D eigenvalue weighted by Gasteiger charge is -2.43. The fourth-order valence-corrected chi connectivity index (χ4v) is 4.22. The van der Waals surface area contributed by atoms with Crippen molar-refractivity contribution in [2.24, 2.45) is 11.3 Å². The van der Waals surface area contributed by atoms with Gasteiger partial charge < -0.3 is 9.47 Å². The maximum Gasteiger partial charge on any atom is 0.414 e. The van der Waals surface area contributed by atoms with Crippen molar-refractivity contribution < 1.29 is 23.3 Å². The molecule has 1 rings (SSSR count). The molecule has 1 aliphatic heterocycles. The monoisotopic (exact) mass is 416 g/mol. The summed E-state index contributed by atoms with van der Waals surface area (Å²) in [5.74, 6) is -0.655. The van der Waals surface area contributed by atoms with E-state index in [1.54, 1.807) is 6.92 Å². The van der Waals surface area contributed by atoms with Crippen LogP contribution in [0.2, 0.25) is 0 Å². The summed E-state index contributed by atoms with van der Waals surface area (Å²) < 4.78 is 26.3. The lowest BCUT2D eigenvalue weighted by Crippen LogP contribution is -2.66. The first-order valence-corrected chi connectivity index (χ1v) is 10.7. The van der Waals surface area contributed by atoms with Gasteiger partial charge in [0, 0.05) is 5.41 Å². The van der Waals surface area contributed by atoms with Crippen molar-refractivity contribution in [3.8, 4) is 0 Å². The van der Waals surface area contributed by atoms with E-state index in [0.717, 1.165) is 0 Å². The molecule has 28 heavy (non-hydrogen) atoms. The summed E-state index contributed by atoms with van der Waals surface area (Å²) in [7, 11) is -1.44. The average Bonchev–Trinajstić information content (AvgIpc) is 2.81. The van der Waals surface area contributed by atoms with Gasteiger partial charge in [-0.05, 0) is 33.6 Å². The molecule has 0 spiro atoms. The Morgan fingerprint density at radius 3 is 2.29 bits per heavy atom. The van der Waals surface area contributed by atoms with Gasteiger partial charge in [0.1, 0.15) is 6.61 Å². The lowest BCUT2D eigenvalue weighted by atomic mass is 9.83. The molecule has 0 aromatic carbocycles. The molecule has 1 unspecified atom stereocenters. The van der Waals surface area contributed by atoms with E-state index in [1.165, 1.54) is 11.0 Å². The fourth-order valence-electron chi connectivity index (χ4n) is 3.13. The van der Waals surface area contributed by atoms with Gasteiger partial charge in [-0.2, -0.15) is 0 Å². The van der Waals surface area contributed by atoms with E-state index in [4.69, 9.17) is 9.47 Å². The molecular weight excluding hydrogens is 380 g/mol. The molecular formula is C20H36N2O5S. The molecule has 162 valence electrons. The lowest BCUT2D eigenvalue weighted by molar-refractivity contribution is -0.149. The van der Waals surface area contributed by atoms with E-state index in [1.807, 2.05) is 55.4 Å². The second kappa shape index (κ2) is 8.53. The number of carbonyl (C=O) groups is 2. The van der Waals surface area contributed by atoms with Gasteiger partial charge in [-0.25, -0.2) is 18.5 Å². The molecule has 7 nitrogen and oxygen atoms in total. The quantitative estimate of drug-likeness (QED) is 0.530. The summed E-state index contributed by atoms with van der Waals surface area (Å²) in [6, 6.07) is -0.608. The first kappa shape index (κ1) is 24.6. The first-order chi connectivity index (χ1) is 12.6. The number of carbonyl (C=O) groups excluding carboxylic acids is 2. The van der Waals surface area contributed by atoms with Crippen LogP contribution in [0.4, 0.5) is 4.79 Å². The number of hydrogen-bond acceptors (Lipinski definition) is 5. The van der Waals surface area contributed by atoms with Crippen LogP contribution in [0.3, 0.4) is 0 Å². The van der Waals surface area contributed by atoms with Crippen LogP contribution in [0.25, 0.3) is 0 Å². The minimum Gasteiger partial charge on any atom is -0.445 e. The van der Waals surface area contributed by atoms with Crippen LogP contribution in [0.5, 0.6) is 0 Å². The van der Waals surface area contributed by atoms with Crippen molar-refractivity contribution in [1.82, 2.24) is 9.62 Å².